The zero-order chi connectivity index (χ0) is 24.9. The predicted octanol–water partition coefficient (Wildman–Crippen LogP) is 4.51. The van der Waals surface area contributed by atoms with Crippen molar-refractivity contribution in [3.05, 3.63) is 29.8 Å². The van der Waals surface area contributed by atoms with Crippen LogP contribution in [0.5, 0.6) is 5.75 Å². The second-order valence-corrected chi connectivity index (χ2v) is 14.4. The number of rotatable bonds is 15. The van der Waals surface area contributed by atoms with Crippen molar-refractivity contribution in [1.82, 2.24) is 5.32 Å². The van der Waals surface area contributed by atoms with Gasteiger partial charge < -0.3 is 19.5 Å². The molecule has 1 rings (SSSR count). The Labute approximate surface area is 199 Å². The number of nitrogens with one attached hydrogen (secondary N) is 1. The van der Waals surface area contributed by atoms with Crippen LogP contribution >= 0.6 is 0 Å². The van der Waals surface area contributed by atoms with Crippen LogP contribution in [0.15, 0.2) is 24.3 Å². The number of carbonyl (C=O) groups is 3. The van der Waals surface area contributed by atoms with E-state index >= 15 is 0 Å². The second kappa shape index (κ2) is 14.0. The molecule has 0 unspecified atom stereocenters. The Hall–Kier alpha value is -2.35. The first kappa shape index (κ1) is 28.7. The van der Waals surface area contributed by atoms with Crippen molar-refractivity contribution in [2.75, 3.05) is 19.8 Å². The zero-order valence-electron chi connectivity index (χ0n) is 21.1. The van der Waals surface area contributed by atoms with E-state index in [1.165, 1.54) is 25.4 Å². The minimum atomic E-state index is -1.87. The first-order chi connectivity index (χ1) is 15.6. The van der Waals surface area contributed by atoms with Crippen molar-refractivity contribution in [1.29, 1.82) is 0 Å². The van der Waals surface area contributed by atoms with E-state index in [2.05, 4.69) is 25.3 Å². The van der Waals surface area contributed by atoms with Crippen LogP contribution < -0.4 is 10.1 Å². The lowest BCUT2D eigenvalue weighted by atomic mass is 9.90. The first-order valence-electron chi connectivity index (χ1n) is 11.9. The molecule has 0 spiro atoms. The molecule has 33 heavy (non-hydrogen) atoms. The summed E-state index contributed by atoms with van der Waals surface area (Å²) < 4.78 is 16.1. The fraction of sp³-hybridized carbons (Fsp3) is 0.640. The lowest BCUT2D eigenvalue weighted by molar-refractivity contribution is -0.168. The summed E-state index contributed by atoms with van der Waals surface area (Å²) in [7, 11) is -1.11. The average molecular weight is 480 g/mol. The molecule has 7 nitrogen and oxygen atoms in total. The first-order valence-corrected chi connectivity index (χ1v) is 15.4. The zero-order valence-corrected chi connectivity index (χ0v) is 22.1. The van der Waals surface area contributed by atoms with E-state index in [1.807, 2.05) is 24.3 Å². The molecule has 0 aliphatic carbocycles. The van der Waals surface area contributed by atoms with Gasteiger partial charge in [0.25, 0.3) is 0 Å². The Morgan fingerprint density at radius 2 is 1.52 bits per heavy atom. The molecule has 0 saturated carbocycles. The van der Waals surface area contributed by atoms with Crippen LogP contribution in [0.25, 0.3) is 0 Å². The van der Waals surface area contributed by atoms with Crippen molar-refractivity contribution in [3.63, 3.8) is 0 Å². The minimum Gasteiger partial charge on any atom is -0.494 e. The van der Waals surface area contributed by atoms with E-state index < -0.39 is 31.5 Å². The number of benzene rings is 1. The van der Waals surface area contributed by atoms with Gasteiger partial charge in [-0.2, -0.15) is 0 Å². The van der Waals surface area contributed by atoms with E-state index in [-0.39, 0.29) is 19.6 Å². The number of amides is 1. The van der Waals surface area contributed by atoms with Crippen molar-refractivity contribution in [2.24, 2.45) is 0 Å². The molecule has 8 heteroatoms. The highest BCUT2D eigenvalue weighted by Gasteiger charge is 2.49. The van der Waals surface area contributed by atoms with Gasteiger partial charge in [-0.3, -0.25) is 4.79 Å². The molecule has 0 saturated heterocycles. The van der Waals surface area contributed by atoms with Crippen LogP contribution in [-0.2, 0) is 30.3 Å². The summed E-state index contributed by atoms with van der Waals surface area (Å²) in [6.07, 6.45) is 2.70. The van der Waals surface area contributed by atoms with Crippen LogP contribution in [0.4, 0.5) is 0 Å². The summed E-state index contributed by atoms with van der Waals surface area (Å²) in [5.41, 5.74) is -0.968. The smallest absolute Gasteiger partial charge is 0.343 e. The SMILES string of the molecule is CCC[Si](C)(C)CCCOc1ccc(CCC(NC(C)=O)(C(=O)OCC)C(=O)OCC)cc1. The van der Waals surface area contributed by atoms with E-state index in [1.54, 1.807) is 13.8 Å². The molecule has 0 aliphatic heterocycles. The predicted molar refractivity (Wildman–Crippen MR) is 132 cm³/mol. The largest absolute Gasteiger partial charge is 0.494 e. The van der Waals surface area contributed by atoms with Crippen molar-refractivity contribution < 1.29 is 28.6 Å². The summed E-state index contributed by atoms with van der Waals surface area (Å²) in [6, 6.07) is 10.2. The van der Waals surface area contributed by atoms with E-state index in [0.717, 1.165) is 17.7 Å². The van der Waals surface area contributed by atoms with Gasteiger partial charge in [-0.15, -0.1) is 0 Å². The highest BCUT2D eigenvalue weighted by Crippen LogP contribution is 2.22. The monoisotopic (exact) mass is 479 g/mol. The third-order valence-corrected chi connectivity index (χ3v) is 9.10. The van der Waals surface area contributed by atoms with Crippen molar-refractivity contribution in [2.45, 2.75) is 84.1 Å². The summed E-state index contributed by atoms with van der Waals surface area (Å²) in [5.74, 6) is -1.34. The molecule has 0 bridgehead atoms. The van der Waals surface area contributed by atoms with Gasteiger partial charge in [0.05, 0.1) is 19.8 Å². The summed E-state index contributed by atoms with van der Waals surface area (Å²) in [6.45, 7) is 12.5. The van der Waals surface area contributed by atoms with Gasteiger partial charge in [0.1, 0.15) is 5.75 Å². The molecule has 1 aromatic carbocycles. The van der Waals surface area contributed by atoms with E-state index in [4.69, 9.17) is 14.2 Å². The maximum atomic E-state index is 12.7. The summed E-state index contributed by atoms with van der Waals surface area (Å²) in [4.78, 5) is 37.2. The van der Waals surface area contributed by atoms with Gasteiger partial charge >= 0.3 is 11.9 Å². The Kier molecular flexibility index (Phi) is 12.2. The lowest BCUT2D eigenvalue weighted by Gasteiger charge is -2.29. The average Bonchev–Trinajstić information content (AvgIpc) is 2.75. The van der Waals surface area contributed by atoms with E-state index in [9.17, 15) is 14.4 Å². The molecular weight excluding hydrogens is 438 g/mol. The molecule has 0 radical (unpaired) electrons. The van der Waals surface area contributed by atoms with Gasteiger partial charge in [0.2, 0.25) is 11.4 Å². The van der Waals surface area contributed by atoms with Crippen molar-refractivity contribution in [3.8, 4) is 5.75 Å². The van der Waals surface area contributed by atoms with Gasteiger partial charge in [-0.25, -0.2) is 9.59 Å². The Morgan fingerprint density at radius 1 is 0.939 bits per heavy atom. The van der Waals surface area contributed by atoms with Crippen LogP contribution in [-0.4, -0.2) is 51.3 Å². The quantitative estimate of drug-likeness (QED) is 0.172. The summed E-state index contributed by atoms with van der Waals surface area (Å²) in [5, 5.41) is 2.49. The molecule has 0 aromatic heterocycles. The molecule has 1 aromatic rings. The second-order valence-electron chi connectivity index (χ2n) is 9.04. The van der Waals surface area contributed by atoms with Gasteiger partial charge in [0, 0.05) is 15.0 Å². The molecule has 1 N–H and O–H groups in total. The highest BCUT2D eigenvalue weighted by molar-refractivity contribution is 6.77. The molecular formula is C25H41NO6Si. The fourth-order valence-corrected chi connectivity index (χ4v) is 6.59. The molecule has 0 atom stereocenters. The number of hydrogen-bond acceptors (Lipinski definition) is 6. The molecule has 186 valence electrons. The minimum absolute atomic E-state index is 0.0294. The van der Waals surface area contributed by atoms with Crippen LogP contribution in [0.1, 0.15) is 52.5 Å². The Bertz CT molecular complexity index is 745. The standard InChI is InChI=1S/C25H41NO6Si/c1-7-18-33(5,6)19-10-17-32-22-13-11-21(12-14-22)15-16-25(26-20(4)27,23(28)30-8-2)24(29)31-9-3/h11-14H,7-10,15-19H2,1-6H3,(H,26,27). The van der Waals surface area contributed by atoms with Crippen LogP contribution in [0.2, 0.25) is 25.2 Å². The number of esters is 2. The lowest BCUT2D eigenvalue weighted by Crippen LogP contribution is -2.61. The normalized spacial score (nSPS) is 11.6. The molecule has 0 aliphatic rings. The van der Waals surface area contributed by atoms with Gasteiger partial charge in [0.15, 0.2) is 0 Å². The summed E-state index contributed by atoms with van der Waals surface area (Å²) >= 11 is 0. The number of ether oxygens (including phenoxy) is 3. The van der Waals surface area contributed by atoms with Crippen LogP contribution in [0.3, 0.4) is 0 Å². The van der Waals surface area contributed by atoms with Crippen molar-refractivity contribution >= 4 is 25.9 Å². The topological polar surface area (TPSA) is 90.9 Å². The number of hydrogen-bond donors (Lipinski definition) is 1. The Balaban J connectivity index is 2.80. The molecule has 1 amide bonds. The van der Waals surface area contributed by atoms with Crippen LogP contribution in [0, 0.1) is 0 Å². The van der Waals surface area contributed by atoms with Gasteiger partial charge in [-0.05, 0) is 50.8 Å². The Morgan fingerprint density at radius 3 is 2.00 bits per heavy atom. The van der Waals surface area contributed by atoms with Gasteiger partial charge in [-0.1, -0.05) is 50.7 Å². The maximum absolute atomic E-state index is 12.7. The number of aryl methyl sites for hydroxylation is 1. The third kappa shape index (κ3) is 9.58. The molecule has 0 heterocycles. The number of carbonyl (C=O) groups excluding carboxylic acids is 3. The molecule has 0 fully saturated rings. The maximum Gasteiger partial charge on any atom is 0.343 e. The third-order valence-electron chi connectivity index (χ3n) is 5.54. The highest BCUT2D eigenvalue weighted by atomic mass is 28.3. The van der Waals surface area contributed by atoms with E-state index in [0.29, 0.717) is 13.0 Å². The fourth-order valence-electron chi connectivity index (χ4n) is 3.89.